The van der Waals surface area contributed by atoms with Gasteiger partial charge in [-0.2, -0.15) is 0 Å². The number of nitrogens with one attached hydrogen (secondary N) is 1. The van der Waals surface area contributed by atoms with Gasteiger partial charge in [0.25, 0.3) is 5.91 Å². The molecule has 1 amide bonds. The molecule has 0 saturated carbocycles. The summed E-state index contributed by atoms with van der Waals surface area (Å²) in [6.45, 7) is 14.8. The van der Waals surface area contributed by atoms with Crippen molar-refractivity contribution in [2.24, 2.45) is 41.4 Å². The maximum atomic E-state index is 13.9. The molecule has 48 heavy (non-hydrogen) atoms. The van der Waals surface area contributed by atoms with E-state index in [1.807, 2.05) is 6.92 Å². The standard InChI is InChI=1S/C37H53NO10/c1-10-23-12-11-15(2)37(48)38-24-14-25(39)26-27(34(45)22(9)35(46)28(26)36(24)47)30(41)17(4)13-16(3)29(40)19(6)32(43)21(8)33(44)20(7)31(42)18(23)5/h11-12,14,16-22,29,31-33,35,40,42-46H,10,13H2,1-9H3,(H,38,48)/b15-11-,23-12-/t16?,17?,18-,19+,20+,21-,22?,29-,31-,32+,33+,35?/m0/s1. The Morgan fingerprint density at radius 2 is 1.29 bits per heavy atom. The summed E-state index contributed by atoms with van der Waals surface area (Å²) in [5, 5.41) is 69.6. The minimum Gasteiger partial charge on any atom is -0.511 e. The zero-order chi connectivity index (χ0) is 36.5. The van der Waals surface area contributed by atoms with Gasteiger partial charge >= 0.3 is 0 Å². The Hall–Kier alpha value is -3.22. The van der Waals surface area contributed by atoms with Gasteiger partial charge in [-0.3, -0.25) is 19.2 Å². The van der Waals surface area contributed by atoms with Crippen LogP contribution < -0.4 is 5.32 Å². The number of Topliss-reactive ketones (excluding diaryl/α,β-unsaturated/α-hetero) is 2. The van der Waals surface area contributed by atoms with Crippen LogP contribution in [0.5, 0.6) is 0 Å². The van der Waals surface area contributed by atoms with Gasteiger partial charge in [0, 0.05) is 58.3 Å². The van der Waals surface area contributed by atoms with E-state index in [-0.39, 0.29) is 28.8 Å². The molecule has 0 radical (unpaired) electrons. The molecule has 0 aromatic carbocycles. The number of carbonyl (C=O) groups excluding carboxylic acids is 4. The minimum absolute atomic E-state index is 0.0774. The molecule has 0 saturated heterocycles. The smallest absolute Gasteiger partial charge is 0.251 e. The van der Waals surface area contributed by atoms with E-state index in [9.17, 15) is 49.8 Å². The lowest BCUT2D eigenvalue weighted by Gasteiger charge is -2.38. The van der Waals surface area contributed by atoms with Crippen molar-refractivity contribution in [3.63, 3.8) is 0 Å². The molecular weight excluding hydrogens is 618 g/mol. The van der Waals surface area contributed by atoms with Crippen molar-refractivity contribution in [2.75, 3.05) is 0 Å². The second-order valence-corrected chi connectivity index (χ2v) is 14.2. The molecule has 11 nitrogen and oxygen atoms in total. The van der Waals surface area contributed by atoms with E-state index < -0.39 is 107 Å². The van der Waals surface area contributed by atoms with Crippen molar-refractivity contribution in [1.82, 2.24) is 5.32 Å². The average Bonchev–Trinajstić information content (AvgIpc) is 3.05. The number of aliphatic hydroxyl groups is 6. The van der Waals surface area contributed by atoms with Crippen LogP contribution in [0.15, 0.2) is 57.5 Å². The molecule has 4 bridgehead atoms. The molecule has 2 aliphatic carbocycles. The molecule has 4 rings (SSSR count). The lowest BCUT2D eigenvalue weighted by atomic mass is 9.72. The van der Waals surface area contributed by atoms with Gasteiger partial charge in [0.1, 0.15) is 5.76 Å². The Morgan fingerprint density at radius 1 is 0.750 bits per heavy atom. The van der Waals surface area contributed by atoms with E-state index in [4.69, 9.17) is 0 Å². The van der Waals surface area contributed by atoms with Crippen molar-refractivity contribution in [3.05, 3.63) is 57.5 Å². The monoisotopic (exact) mass is 671 g/mol. The third-order valence-corrected chi connectivity index (χ3v) is 10.9. The number of carbonyl (C=O) groups is 4. The summed E-state index contributed by atoms with van der Waals surface area (Å²) in [5.41, 5.74) is -0.620. The summed E-state index contributed by atoms with van der Waals surface area (Å²) in [4.78, 5) is 54.2. The molecule has 0 fully saturated rings. The highest BCUT2D eigenvalue weighted by Crippen LogP contribution is 2.40. The molecule has 0 spiro atoms. The molecular formula is C37H53NO10. The molecule has 4 unspecified atom stereocenters. The van der Waals surface area contributed by atoms with E-state index in [1.54, 1.807) is 47.6 Å². The normalized spacial score (nSPS) is 40.6. The number of ketones is 3. The molecule has 12 atom stereocenters. The third-order valence-electron chi connectivity index (χ3n) is 10.9. The fourth-order valence-electron chi connectivity index (χ4n) is 7.23. The summed E-state index contributed by atoms with van der Waals surface area (Å²) in [5.74, 6) is -8.73. The summed E-state index contributed by atoms with van der Waals surface area (Å²) in [6, 6.07) is 0. The van der Waals surface area contributed by atoms with E-state index in [2.05, 4.69) is 5.32 Å². The van der Waals surface area contributed by atoms with Crippen LogP contribution in [0.1, 0.15) is 75.2 Å². The SMILES string of the molecule is CC/C1=C/C=C(/C)C(=O)NC2=CC(=O)C3=C(C2=O)C(O)C(C)C(O)=C3C(=O)C(C)CC(C)[C@H](O)[C@@H](C)[C@@H](O)[C@H](C)[C@H](O)[C@H](C)[C@@H](O)[C@H]1C. The molecule has 7 N–H and O–H groups in total. The maximum Gasteiger partial charge on any atom is 0.251 e. The summed E-state index contributed by atoms with van der Waals surface area (Å²) in [7, 11) is 0. The second-order valence-electron chi connectivity index (χ2n) is 14.2. The Bertz CT molecular complexity index is 1470. The van der Waals surface area contributed by atoms with Crippen LogP contribution >= 0.6 is 0 Å². The molecule has 11 heteroatoms. The van der Waals surface area contributed by atoms with Gasteiger partial charge in [-0.25, -0.2) is 0 Å². The summed E-state index contributed by atoms with van der Waals surface area (Å²) in [6.07, 6.45) is -1.41. The van der Waals surface area contributed by atoms with E-state index in [1.165, 1.54) is 19.9 Å². The number of allylic oxidation sites excluding steroid dienone is 6. The summed E-state index contributed by atoms with van der Waals surface area (Å²) < 4.78 is 0. The summed E-state index contributed by atoms with van der Waals surface area (Å²) >= 11 is 0. The van der Waals surface area contributed by atoms with Gasteiger partial charge in [-0.05, 0) is 25.7 Å². The van der Waals surface area contributed by atoms with Gasteiger partial charge < -0.3 is 36.0 Å². The maximum absolute atomic E-state index is 13.9. The first-order chi connectivity index (χ1) is 22.3. The number of hydrogen-bond donors (Lipinski definition) is 7. The fraction of sp³-hybridized carbons (Fsp3) is 0.622. The molecule has 0 aromatic rings. The molecule has 0 aromatic heterocycles. The van der Waals surface area contributed by atoms with Crippen LogP contribution in [0.3, 0.4) is 0 Å². The number of hydrogen-bond acceptors (Lipinski definition) is 10. The van der Waals surface area contributed by atoms with Gasteiger partial charge in [0.15, 0.2) is 11.6 Å². The van der Waals surface area contributed by atoms with Crippen molar-refractivity contribution in [1.29, 1.82) is 0 Å². The van der Waals surface area contributed by atoms with Crippen molar-refractivity contribution < 1.29 is 49.8 Å². The van der Waals surface area contributed by atoms with Crippen molar-refractivity contribution >= 4 is 23.3 Å². The van der Waals surface area contributed by atoms with E-state index >= 15 is 0 Å². The van der Waals surface area contributed by atoms with E-state index in [0.29, 0.717) is 6.42 Å². The first kappa shape index (κ1) is 39.2. The Morgan fingerprint density at radius 3 is 1.85 bits per heavy atom. The predicted octanol–water partition coefficient (Wildman–Crippen LogP) is 2.77. The zero-order valence-corrected chi connectivity index (χ0v) is 29.4. The van der Waals surface area contributed by atoms with Crippen LogP contribution in [0.2, 0.25) is 0 Å². The first-order valence-electron chi connectivity index (χ1n) is 16.9. The molecule has 2 heterocycles. The Labute approximate surface area is 282 Å². The number of amides is 1. The quantitative estimate of drug-likeness (QED) is 0.203. The highest BCUT2D eigenvalue weighted by molar-refractivity contribution is 6.29. The topological polar surface area (TPSA) is 202 Å². The number of fused-ring (bicyclic) bond motifs is 16. The predicted molar refractivity (Wildman–Crippen MR) is 179 cm³/mol. The van der Waals surface area contributed by atoms with E-state index in [0.717, 1.165) is 11.6 Å². The Balaban J connectivity index is 2.15. The first-order valence-corrected chi connectivity index (χ1v) is 16.9. The van der Waals surface area contributed by atoms with Crippen LogP contribution in [0.25, 0.3) is 0 Å². The average molecular weight is 672 g/mol. The van der Waals surface area contributed by atoms with Crippen molar-refractivity contribution in [3.8, 4) is 0 Å². The van der Waals surface area contributed by atoms with Gasteiger partial charge in [-0.15, -0.1) is 0 Å². The fourth-order valence-corrected chi connectivity index (χ4v) is 7.23. The molecule has 4 aliphatic rings. The van der Waals surface area contributed by atoms with Crippen LogP contribution in [-0.2, 0) is 19.2 Å². The highest BCUT2D eigenvalue weighted by atomic mass is 16.3. The van der Waals surface area contributed by atoms with Crippen LogP contribution in [0.4, 0.5) is 0 Å². The van der Waals surface area contributed by atoms with Crippen LogP contribution in [-0.4, -0.2) is 84.4 Å². The molecule has 2 aliphatic heterocycles. The second kappa shape index (κ2) is 15.6. The number of aliphatic hydroxyl groups excluding tert-OH is 6. The largest absolute Gasteiger partial charge is 0.511 e. The lowest BCUT2D eigenvalue weighted by molar-refractivity contribution is -0.122. The van der Waals surface area contributed by atoms with Gasteiger partial charge in [-0.1, -0.05) is 73.1 Å². The molecule has 266 valence electrons. The third kappa shape index (κ3) is 7.50. The zero-order valence-electron chi connectivity index (χ0n) is 29.4. The van der Waals surface area contributed by atoms with Crippen LogP contribution in [0, 0.1) is 41.4 Å². The highest BCUT2D eigenvalue weighted by Gasteiger charge is 2.46. The number of rotatable bonds is 1. The lowest BCUT2D eigenvalue weighted by Crippen LogP contribution is -2.46. The van der Waals surface area contributed by atoms with Crippen molar-refractivity contribution in [2.45, 2.75) is 106 Å². The Kier molecular flexibility index (Phi) is 12.7. The minimum atomic E-state index is -1.62. The van der Waals surface area contributed by atoms with Gasteiger partial charge in [0.05, 0.1) is 41.8 Å². The van der Waals surface area contributed by atoms with Gasteiger partial charge in [0.2, 0.25) is 5.78 Å².